The second-order valence-corrected chi connectivity index (χ2v) is 5.75. The minimum atomic E-state index is 0.0263. The molecule has 0 unspecified atom stereocenters. The molecule has 0 saturated heterocycles. The molecule has 0 aliphatic heterocycles. The zero-order chi connectivity index (χ0) is 12.4. The van der Waals surface area contributed by atoms with Gasteiger partial charge in [0.1, 0.15) is 0 Å². The Morgan fingerprint density at radius 1 is 1.17 bits per heavy atom. The van der Waals surface area contributed by atoms with Gasteiger partial charge in [0.15, 0.2) is 0 Å². The first-order valence-electron chi connectivity index (χ1n) is 6.17. The van der Waals surface area contributed by atoms with Crippen LogP contribution < -0.4 is 5.32 Å². The van der Waals surface area contributed by atoms with Gasteiger partial charge in [-0.15, -0.1) is 11.3 Å². The molecule has 1 aromatic heterocycles. The SMILES string of the molecule is O=C(NCC1(c2cccs2)CC1)c1ccccc1. The fraction of sp³-hybridized carbons (Fsp3) is 0.267. The maximum Gasteiger partial charge on any atom is 0.251 e. The summed E-state index contributed by atoms with van der Waals surface area (Å²) in [5, 5.41) is 5.16. The summed E-state index contributed by atoms with van der Waals surface area (Å²) in [7, 11) is 0. The third kappa shape index (κ3) is 2.18. The van der Waals surface area contributed by atoms with Crippen molar-refractivity contribution in [3.8, 4) is 0 Å². The second-order valence-electron chi connectivity index (χ2n) is 4.81. The number of rotatable bonds is 4. The lowest BCUT2D eigenvalue weighted by molar-refractivity contribution is 0.0950. The van der Waals surface area contributed by atoms with Gasteiger partial charge in [-0.25, -0.2) is 0 Å². The van der Waals surface area contributed by atoms with E-state index in [-0.39, 0.29) is 11.3 Å². The minimum absolute atomic E-state index is 0.0263. The summed E-state index contributed by atoms with van der Waals surface area (Å²) < 4.78 is 0. The number of carbonyl (C=O) groups excluding carboxylic acids is 1. The van der Waals surface area contributed by atoms with Crippen molar-refractivity contribution >= 4 is 17.2 Å². The number of carbonyl (C=O) groups is 1. The Morgan fingerprint density at radius 3 is 2.56 bits per heavy atom. The lowest BCUT2D eigenvalue weighted by Crippen LogP contribution is -2.31. The monoisotopic (exact) mass is 257 g/mol. The van der Waals surface area contributed by atoms with Gasteiger partial charge >= 0.3 is 0 Å². The van der Waals surface area contributed by atoms with E-state index in [0.29, 0.717) is 0 Å². The van der Waals surface area contributed by atoms with E-state index in [9.17, 15) is 4.79 Å². The van der Waals surface area contributed by atoms with E-state index >= 15 is 0 Å². The molecule has 1 heterocycles. The van der Waals surface area contributed by atoms with E-state index in [1.54, 1.807) is 11.3 Å². The maximum atomic E-state index is 12.0. The van der Waals surface area contributed by atoms with Gasteiger partial charge in [-0.1, -0.05) is 24.3 Å². The molecule has 0 radical (unpaired) electrons. The molecular formula is C15H15NOS. The average Bonchev–Trinajstić information content (AvgIpc) is 3.00. The zero-order valence-electron chi connectivity index (χ0n) is 10.1. The van der Waals surface area contributed by atoms with Crippen molar-refractivity contribution in [3.05, 3.63) is 58.3 Å². The molecule has 1 fully saturated rings. The first kappa shape index (κ1) is 11.5. The van der Waals surface area contributed by atoms with Crippen molar-refractivity contribution in [3.63, 3.8) is 0 Å². The highest BCUT2D eigenvalue weighted by molar-refractivity contribution is 7.10. The van der Waals surface area contributed by atoms with E-state index in [4.69, 9.17) is 0 Å². The van der Waals surface area contributed by atoms with Crippen LogP contribution in [0.5, 0.6) is 0 Å². The molecule has 1 aliphatic rings. The number of hydrogen-bond acceptors (Lipinski definition) is 2. The van der Waals surface area contributed by atoms with Gasteiger partial charge in [0.25, 0.3) is 5.91 Å². The van der Waals surface area contributed by atoms with Gasteiger partial charge in [-0.2, -0.15) is 0 Å². The molecule has 0 atom stereocenters. The Morgan fingerprint density at radius 2 is 1.94 bits per heavy atom. The molecule has 1 aromatic carbocycles. The highest BCUT2D eigenvalue weighted by atomic mass is 32.1. The quantitative estimate of drug-likeness (QED) is 0.895. The van der Waals surface area contributed by atoms with Crippen LogP contribution in [-0.2, 0) is 5.41 Å². The van der Waals surface area contributed by atoms with Gasteiger partial charge in [-0.05, 0) is 36.4 Å². The third-order valence-corrected chi connectivity index (χ3v) is 4.64. The lowest BCUT2D eigenvalue weighted by Gasteiger charge is -2.14. The highest BCUT2D eigenvalue weighted by Crippen LogP contribution is 2.49. The first-order valence-corrected chi connectivity index (χ1v) is 7.05. The van der Waals surface area contributed by atoms with Crippen LogP contribution in [0.4, 0.5) is 0 Å². The fourth-order valence-electron chi connectivity index (χ4n) is 2.18. The molecule has 2 nitrogen and oxygen atoms in total. The molecule has 18 heavy (non-hydrogen) atoms. The predicted molar refractivity (Wildman–Crippen MR) is 74.0 cm³/mol. The Hall–Kier alpha value is -1.61. The van der Waals surface area contributed by atoms with Crippen molar-refractivity contribution in [1.29, 1.82) is 0 Å². The summed E-state index contributed by atoms with van der Waals surface area (Å²) >= 11 is 1.79. The minimum Gasteiger partial charge on any atom is -0.351 e. The predicted octanol–water partition coefficient (Wildman–Crippen LogP) is 3.21. The van der Waals surface area contributed by atoms with Gasteiger partial charge in [-0.3, -0.25) is 4.79 Å². The van der Waals surface area contributed by atoms with Crippen molar-refractivity contribution in [1.82, 2.24) is 5.32 Å². The molecule has 3 heteroatoms. The smallest absolute Gasteiger partial charge is 0.251 e. The Labute approximate surface area is 111 Å². The molecule has 0 bridgehead atoms. The van der Waals surface area contributed by atoms with Crippen LogP contribution in [0, 0.1) is 0 Å². The topological polar surface area (TPSA) is 29.1 Å². The Balaban J connectivity index is 1.64. The van der Waals surface area contributed by atoms with E-state index in [1.807, 2.05) is 30.3 Å². The fourth-order valence-corrected chi connectivity index (χ4v) is 3.17. The molecular weight excluding hydrogens is 242 g/mol. The van der Waals surface area contributed by atoms with Gasteiger partial charge in [0, 0.05) is 22.4 Å². The number of thiophene rings is 1. The molecule has 0 spiro atoms. The van der Waals surface area contributed by atoms with Gasteiger partial charge in [0.05, 0.1) is 0 Å². The molecule has 2 aromatic rings. The van der Waals surface area contributed by atoms with Crippen LogP contribution in [-0.4, -0.2) is 12.5 Å². The van der Waals surface area contributed by atoms with Gasteiger partial charge < -0.3 is 5.32 Å². The van der Waals surface area contributed by atoms with Crippen LogP contribution >= 0.6 is 11.3 Å². The molecule has 1 aliphatic carbocycles. The van der Waals surface area contributed by atoms with Crippen molar-refractivity contribution in [2.45, 2.75) is 18.3 Å². The zero-order valence-corrected chi connectivity index (χ0v) is 10.9. The first-order chi connectivity index (χ1) is 8.80. The molecule has 1 saturated carbocycles. The summed E-state index contributed by atoms with van der Waals surface area (Å²) in [4.78, 5) is 13.4. The molecule has 3 rings (SSSR count). The standard InChI is InChI=1S/C15H15NOS/c17-14(12-5-2-1-3-6-12)16-11-15(8-9-15)13-7-4-10-18-13/h1-7,10H,8-9,11H2,(H,16,17). The van der Waals surface area contributed by atoms with Crippen LogP contribution in [0.2, 0.25) is 0 Å². The normalized spacial score (nSPS) is 16.2. The van der Waals surface area contributed by atoms with Gasteiger partial charge in [0.2, 0.25) is 0 Å². The third-order valence-electron chi connectivity index (χ3n) is 3.52. The van der Waals surface area contributed by atoms with E-state index < -0.39 is 0 Å². The largest absolute Gasteiger partial charge is 0.351 e. The maximum absolute atomic E-state index is 12.0. The molecule has 92 valence electrons. The van der Waals surface area contributed by atoms with E-state index in [2.05, 4.69) is 22.8 Å². The summed E-state index contributed by atoms with van der Waals surface area (Å²) in [5.74, 6) is 0.0263. The van der Waals surface area contributed by atoms with Crippen molar-refractivity contribution in [2.24, 2.45) is 0 Å². The average molecular weight is 257 g/mol. The van der Waals surface area contributed by atoms with Crippen LogP contribution in [0.15, 0.2) is 47.8 Å². The summed E-state index contributed by atoms with van der Waals surface area (Å²) in [6, 6.07) is 13.7. The van der Waals surface area contributed by atoms with Crippen LogP contribution in [0.1, 0.15) is 28.1 Å². The summed E-state index contributed by atoms with van der Waals surface area (Å²) in [5.41, 5.74) is 0.956. The van der Waals surface area contributed by atoms with Crippen LogP contribution in [0.3, 0.4) is 0 Å². The molecule has 1 N–H and O–H groups in total. The Bertz CT molecular complexity index is 529. The van der Waals surface area contributed by atoms with Crippen molar-refractivity contribution < 1.29 is 4.79 Å². The van der Waals surface area contributed by atoms with Crippen LogP contribution in [0.25, 0.3) is 0 Å². The van der Waals surface area contributed by atoms with E-state index in [0.717, 1.165) is 12.1 Å². The second kappa shape index (κ2) is 4.58. The number of amides is 1. The van der Waals surface area contributed by atoms with E-state index in [1.165, 1.54) is 17.7 Å². The number of benzene rings is 1. The Kier molecular flexibility index (Phi) is 2.92. The molecule has 1 amide bonds. The summed E-state index contributed by atoms with van der Waals surface area (Å²) in [6.07, 6.45) is 2.37. The van der Waals surface area contributed by atoms with Crippen molar-refractivity contribution in [2.75, 3.05) is 6.54 Å². The highest BCUT2D eigenvalue weighted by Gasteiger charge is 2.45. The number of nitrogens with one attached hydrogen (secondary N) is 1. The summed E-state index contributed by atoms with van der Waals surface area (Å²) in [6.45, 7) is 0.751. The lowest BCUT2D eigenvalue weighted by atomic mass is 10.1. The number of hydrogen-bond donors (Lipinski definition) is 1.